The van der Waals surface area contributed by atoms with E-state index in [0.717, 1.165) is 11.6 Å². The van der Waals surface area contributed by atoms with Gasteiger partial charge in [0.1, 0.15) is 11.9 Å². The summed E-state index contributed by atoms with van der Waals surface area (Å²) in [4.78, 5) is 23.1. The number of carbonyl (C=O) groups is 1. The van der Waals surface area contributed by atoms with E-state index in [1.807, 2.05) is 0 Å². The molecule has 1 amide bonds. The molecule has 1 heterocycles. The van der Waals surface area contributed by atoms with Crippen LogP contribution >= 0.6 is 11.6 Å². The van der Waals surface area contributed by atoms with E-state index in [2.05, 4.69) is 14.9 Å². The summed E-state index contributed by atoms with van der Waals surface area (Å²) < 4.78 is 49.0. The molecule has 33 heavy (non-hydrogen) atoms. The van der Waals surface area contributed by atoms with Gasteiger partial charge in [0.25, 0.3) is 0 Å². The average Bonchev–Trinajstić information content (AvgIpc) is 3.16. The van der Waals surface area contributed by atoms with Gasteiger partial charge in [-0.1, -0.05) is 24.6 Å². The first-order chi connectivity index (χ1) is 15.3. The SMILES string of the molecule is Cc1cc(S(=O)(=O)NC(c2n[nH]c(=O)o2)C(C)c2c(F)ccc(C)c2C)c(C(N)=O)cc1Cl. The van der Waals surface area contributed by atoms with Crippen LogP contribution in [0.2, 0.25) is 5.02 Å². The summed E-state index contributed by atoms with van der Waals surface area (Å²) >= 11 is 6.04. The molecule has 4 N–H and O–H groups in total. The molecule has 2 atom stereocenters. The minimum absolute atomic E-state index is 0.156. The van der Waals surface area contributed by atoms with Crippen LogP contribution in [0.15, 0.2) is 38.4 Å². The Morgan fingerprint density at radius 3 is 2.48 bits per heavy atom. The van der Waals surface area contributed by atoms with Gasteiger partial charge in [-0.3, -0.25) is 4.79 Å². The molecule has 3 aromatic rings. The van der Waals surface area contributed by atoms with E-state index in [9.17, 15) is 22.4 Å². The van der Waals surface area contributed by atoms with E-state index < -0.39 is 44.4 Å². The highest BCUT2D eigenvalue weighted by Gasteiger charge is 2.35. The number of nitrogens with zero attached hydrogens (tertiary/aromatic N) is 1. The van der Waals surface area contributed by atoms with Crippen LogP contribution in [-0.4, -0.2) is 24.5 Å². The van der Waals surface area contributed by atoms with Crippen molar-refractivity contribution in [1.82, 2.24) is 14.9 Å². The topological polar surface area (TPSA) is 148 Å². The number of carbonyl (C=O) groups excluding carboxylic acids is 1. The number of hydrogen-bond acceptors (Lipinski definition) is 6. The summed E-state index contributed by atoms with van der Waals surface area (Å²) in [5, 5.41) is 5.98. The first kappa shape index (κ1) is 24.6. The number of nitrogens with one attached hydrogen (secondary N) is 2. The maximum Gasteiger partial charge on any atom is 0.434 e. The largest absolute Gasteiger partial charge is 0.434 e. The monoisotopic (exact) mass is 496 g/mol. The van der Waals surface area contributed by atoms with Crippen molar-refractivity contribution in [2.75, 3.05) is 0 Å². The number of nitrogens with two attached hydrogens (primary N) is 1. The summed E-state index contributed by atoms with van der Waals surface area (Å²) in [5.41, 5.74) is 7.03. The maximum atomic E-state index is 14.8. The molecule has 12 heteroatoms. The van der Waals surface area contributed by atoms with Gasteiger partial charge in [-0.05, 0) is 61.2 Å². The predicted molar refractivity (Wildman–Crippen MR) is 119 cm³/mol. The molecule has 1 aromatic heterocycles. The lowest BCUT2D eigenvalue weighted by Gasteiger charge is -2.25. The summed E-state index contributed by atoms with van der Waals surface area (Å²) in [7, 11) is -4.45. The smallest absolute Gasteiger partial charge is 0.391 e. The minimum Gasteiger partial charge on any atom is -0.391 e. The lowest BCUT2D eigenvalue weighted by molar-refractivity contribution is 0.0997. The number of benzene rings is 2. The summed E-state index contributed by atoms with van der Waals surface area (Å²) in [6.45, 7) is 6.61. The van der Waals surface area contributed by atoms with E-state index in [4.69, 9.17) is 21.8 Å². The zero-order chi connectivity index (χ0) is 24.7. The first-order valence-corrected chi connectivity index (χ1v) is 11.6. The quantitative estimate of drug-likeness (QED) is 0.458. The number of halogens is 2. The number of aromatic nitrogens is 2. The van der Waals surface area contributed by atoms with Crippen molar-refractivity contribution in [3.63, 3.8) is 0 Å². The number of aryl methyl sites for hydroxylation is 2. The third kappa shape index (κ3) is 4.85. The molecule has 3 rings (SSSR count). The number of rotatable bonds is 7. The van der Waals surface area contributed by atoms with Crippen molar-refractivity contribution >= 4 is 27.5 Å². The van der Waals surface area contributed by atoms with E-state index >= 15 is 0 Å². The molecule has 0 bridgehead atoms. The number of primary amides is 1. The second-order valence-corrected chi connectivity index (χ2v) is 9.79. The van der Waals surface area contributed by atoms with Crippen molar-refractivity contribution < 1.29 is 22.0 Å². The van der Waals surface area contributed by atoms with E-state index in [0.29, 0.717) is 11.1 Å². The van der Waals surface area contributed by atoms with Gasteiger partial charge >= 0.3 is 5.76 Å². The molecule has 0 aliphatic carbocycles. The van der Waals surface area contributed by atoms with Crippen LogP contribution in [0.5, 0.6) is 0 Å². The lowest BCUT2D eigenvalue weighted by atomic mass is 9.88. The Morgan fingerprint density at radius 2 is 1.91 bits per heavy atom. The fourth-order valence-corrected chi connectivity index (χ4v) is 5.28. The van der Waals surface area contributed by atoms with Crippen molar-refractivity contribution in [3.8, 4) is 0 Å². The zero-order valence-corrected chi connectivity index (χ0v) is 19.8. The van der Waals surface area contributed by atoms with Crippen molar-refractivity contribution in [1.29, 1.82) is 0 Å². The Morgan fingerprint density at radius 1 is 1.24 bits per heavy atom. The second kappa shape index (κ2) is 9.08. The van der Waals surface area contributed by atoms with Gasteiger partial charge < -0.3 is 10.2 Å². The molecular weight excluding hydrogens is 475 g/mol. The van der Waals surface area contributed by atoms with E-state index in [-0.39, 0.29) is 22.0 Å². The highest BCUT2D eigenvalue weighted by molar-refractivity contribution is 7.89. The minimum atomic E-state index is -4.45. The normalized spacial score (nSPS) is 13.6. The van der Waals surface area contributed by atoms with Gasteiger partial charge in [-0.2, -0.15) is 4.72 Å². The summed E-state index contributed by atoms with van der Waals surface area (Å²) in [6, 6.07) is 3.93. The Balaban J connectivity index is 2.17. The number of hydrogen-bond donors (Lipinski definition) is 3. The standard InChI is InChI=1S/C21H22ClFN4O5S/c1-9-5-6-15(23)17(11(9)3)12(4)18(20-25-26-21(29)32-20)27-33(30,31)16-7-10(2)14(22)8-13(16)19(24)28/h5-8,12,18,27H,1-4H3,(H2,24,28)(H,26,29). The molecule has 2 unspecified atom stereocenters. The van der Waals surface area contributed by atoms with Gasteiger partial charge in [0, 0.05) is 10.9 Å². The Labute approximate surface area is 194 Å². The van der Waals surface area contributed by atoms with Crippen molar-refractivity contribution in [2.24, 2.45) is 5.73 Å². The molecule has 0 aliphatic rings. The molecule has 176 valence electrons. The van der Waals surface area contributed by atoms with Gasteiger partial charge in [-0.15, -0.1) is 5.10 Å². The average molecular weight is 497 g/mol. The van der Waals surface area contributed by atoms with E-state index in [1.54, 1.807) is 33.8 Å². The molecule has 2 aromatic carbocycles. The molecule has 0 aliphatic heterocycles. The Bertz CT molecular complexity index is 1400. The van der Waals surface area contributed by atoms with Crippen LogP contribution in [0.1, 0.15) is 57.4 Å². The first-order valence-electron chi connectivity index (χ1n) is 9.76. The fourth-order valence-electron chi connectivity index (χ4n) is 3.57. The number of H-pyrrole nitrogens is 1. The van der Waals surface area contributed by atoms with Crippen LogP contribution in [-0.2, 0) is 10.0 Å². The zero-order valence-electron chi connectivity index (χ0n) is 18.2. The summed E-state index contributed by atoms with van der Waals surface area (Å²) in [6.07, 6.45) is 0. The number of aromatic amines is 1. The highest BCUT2D eigenvalue weighted by atomic mass is 35.5. The molecule has 0 saturated carbocycles. The third-order valence-corrected chi connectivity index (χ3v) is 7.39. The van der Waals surface area contributed by atoms with Gasteiger partial charge in [0.05, 0.1) is 10.5 Å². The number of amides is 1. The lowest BCUT2D eigenvalue weighted by Crippen LogP contribution is -2.34. The van der Waals surface area contributed by atoms with Crippen LogP contribution in [0, 0.1) is 26.6 Å². The fraction of sp³-hybridized carbons (Fsp3) is 0.286. The molecule has 0 saturated heterocycles. The number of sulfonamides is 1. The highest BCUT2D eigenvalue weighted by Crippen LogP contribution is 2.36. The molecule has 9 nitrogen and oxygen atoms in total. The van der Waals surface area contributed by atoms with E-state index in [1.165, 1.54) is 12.1 Å². The predicted octanol–water partition coefficient (Wildman–Crippen LogP) is 3.00. The maximum absolute atomic E-state index is 14.8. The van der Waals surface area contributed by atoms with Crippen LogP contribution in [0.3, 0.4) is 0 Å². The Kier molecular flexibility index (Phi) is 6.78. The van der Waals surface area contributed by atoms with Crippen LogP contribution in [0.25, 0.3) is 0 Å². The Hall–Kier alpha value is -3.02. The molecule has 0 spiro atoms. The van der Waals surface area contributed by atoms with Gasteiger partial charge in [-0.25, -0.2) is 22.7 Å². The molecule has 0 fully saturated rings. The van der Waals surface area contributed by atoms with Crippen molar-refractivity contribution in [3.05, 3.63) is 79.4 Å². The molecular formula is C21H22ClFN4O5S. The van der Waals surface area contributed by atoms with Crippen LogP contribution in [0.4, 0.5) is 4.39 Å². The summed E-state index contributed by atoms with van der Waals surface area (Å²) in [5.74, 6) is -3.65. The molecule has 0 radical (unpaired) electrons. The third-order valence-electron chi connectivity index (χ3n) is 5.51. The van der Waals surface area contributed by atoms with Gasteiger partial charge in [0.15, 0.2) is 0 Å². The van der Waals surface area contributed by atoms with Crippen molar-refractivity contribution in [2.45, 2.75) is 44.6 Å². The second-order valence-electron chi connectivity index (χ2n) is 7.70. The van der Waals surface area contributed by atoms with Gasteiger partial charge in [0.2, 0.25) is 21.8 Å². The van der Waals surface area contributed by atoms with Crippen LogP contribution < -0.4 is 16.2 Å².